The van der Waals surface area contributed by atoms with Crippen LogP contribution in [0.5, 0.6) is 5.75 Å². The molecule has 3 aromatic rings. The quantitative estimate of drug-likeness (QED) is 0.328. The first-order valence-electron chi connectivity index (χ1n) is 10.9. The number of aliphatic carboxylic acids is 1. The molecule has 0 spiro atoms. The molecule has 0 saturated heterocycles. The van der Waals surface area contributed by atoms with E-state index in [2.05, 4.69) is 0 Å². The minimum atomic E-state index is -1.01. The fraction of sp³-hybridized carbons (Fsp3) is 0.259. The van der Waals surface area contributed by atoms with E-state index in [1.165, 1.54) is 7.11 Å². The molecule has 33 heavy (non-hydrogen) atoms. The number of carbonyl (C=O) groups is 2. The van der Waals surface area contributed by atoms with E-state index < -0.39 is 30.0 Å². The molecule has 1 aliphatic carbocycles. The van der Waals surface area contributed by atoms with E-state index in [9.17, 15) is 14.7 Å². The van der Waals surface area contributed by atoms with Crippen LogP contribution in [0.4, 0.5) is 0 Å². The molecular weight excluding hydrogens is 440 g/mol. The third-order valence-electron chi connectivity index (χ3n) is 6.25. The van der Waals surface area contributed by atoms with Gasteiger partial charge in [-0.25, -0.2) is 0 Å². The number of ketones is 1. The second kappa shape index (κ2) is 10.2. The summed E-state index contributed by atoms with van der Waals surface area (Å²) < 4.78 is 11.4. The van der Waals surface area contributed by atoms with Crippen molar-refractivity contribution in [2.45, 2.75) is 19.1 Å². The second-order valence-corrected chi connectivity index (χ2v) is 8.63. The summed E-state index contributed by atoms with van der Waals surface area (Å²) in [5.74, 6) is -2.53. The molecule has 0 amide bonds. The van der Waals surface area contributed by atoms with E-state index in [4.69, 9.17) is 21.1 Å². The summed E-state index contributed by atoms with van der Waals surface area (Å²) in [7, 11) is 1.50. The van der Waals surface area contributed by atoms with Gasteiger partial charge in [0.05, 0.1) is 5.92 Å². The maximum absolute atomic E-state index is 13.3. The average molecular weight is 465 g/mol. The minimum Gasteiger partial charge on any atom is -0.481 e. The Labute approximate surface area is 197 Å². The van der Waals surface area contributed by atoms with Crippen molar-refractivity contribution in [1.82, 2.24) is 0 Å². The van der Waals surface area contributed by atoms with Crippen LogP contribution in [0, 0.1) is 17.8 Å². The summed E-state index contributed by atoms with van der Waals surface area (Å²) in [6, 6.07) is 23.9. The van der Waals surface area contributed by atoms with Crippen molar-refractivity contribution in [3.05, 3.63) is 89.4 Å². The molecule has 1 fully saturated rings. The molecule has 170 valence electrons. The summed E-state index contributed by atoms with van der Waals surface area (Å²) in [5.41, 5.74) is 2.45. The summed E-state index contributed by atoms with van der Waals surface area (Å²) in [4.78, 5) is 25.5. The molecule has 0 aliphatic heterocycles. The predicted molar refractivity (Wildman–Crippen MR) is 126 cm³/mol. The smallest absolute Gasteiger partial charge is 0.307 e. The van der Waals surface area contributed by atoms with Gasteiger partial charge < -0.3 is 14.6 Å². The number of benzene rings is 3. The molecule has 1 saturated carbocycles. The van der Waals surface area contributed by atoms with Gasteiger partial charge >= 0.3 is 5.97 Å². The maximum Gasteiger partial charge on any atom is 0.307 e. The van der Waals surface area contributed by atoms with Crippen molar-refractivity contribution in [3.63, 3.8) is 0 Å². The molecule has 0 bridgehead atoms. The van der Waals surface area contributed by atoms with Crippen molar-refractivity contribution in [2.75, 3.05) is 7.11 Å². The van der Waals surface area contributed by atoms with Gasteiger partial charge in [0.2, 0.25) is 6.29 Å². The number of para-hydroxylation sites is 1. The molecule has 6 heteroatoms. The topological polar surface area (TPSA) is 72.8 Å². The molecule has 4 rings (SSSR count). The molecule has 1 aliphatic rings. The summed E-state index contributed by atoms with van der Waals surface area (Å²) >= 11 is 5.96. The lowest BCUT2D eigenvalue weighted by Gasteiger charge is -2.27. The maximum atomic E-state index is 13.3. The lowest BCUT2D eigenvalue weighted by molar-refractivity contribution is -0.153. The fourth-order valence-electron chi connectivity index (χ4n) is 4.61. The zero-order valence-electron chi connectivity index (χ0n) is 18.2. The van der Waals surface area contributed by atoms with Crippen LogP contribution in [0.15, 0.2) is 78.9 Å². The summed E-state index contributed by atoms with van der Waals surface area (Å²) in [6.45, 7) is 0. The van der Waals surface area contributed by atoms with Gasteiger partial charge in [0.1, 0.15) is 5.75 Å². The van der Waals surface area contributed by atoms with E-state index in [0.29, 0.717) is 29.2 Å². The Morgan fingerprint density at radius 1 is 0.909 bits per heavy atom. The average Bonchev–Trinajstić information content (AvgIpc) is 3.29. The van der Waals surface area contributed by atoms with Gasteiger partial charge in [-0.15, -0.1) is 0 Å². The molecule has 1 N–H and O–H groups in total. The van der Waals surface area contributed by atoms with Crippen molar-refractivity contribution in [1.29, 1.82) is 0 Å². The Morgan fingerprint density at radius 3 is 2.09 bits per heavy atom. The predicted octanol–water partition coefficient (Wildman–Crippen LogP) is 5.97. The number of ether oxygens (including phenoxy) is 2. The molecule has 4 atom stereocenters. The Hall–Kier alpha value is -3.15. The lowest BCUT2D eigenvalue weighted by atomic mass is 9.84. The number of hydrogen-bond acceptors (Lipinski definition) is 4. The van der Waals surface area contributed by atoms with Crippen molar-refractivity contribution < 1.29 is 24.2 Å². The monoisotopic (exact) mass is 464 g/mol. The van der Waals surface area contributed by atoms with E-state index >= 15 is 0 Å². The van der Waals surface area contributed by atoms with Crippen LogP contribution in [0.25, 0.3) is 11.1 Å². The first-order chi connectivity index (χ1) is 16.0. The van der Waals surface area contributed by atoms with E-state index in [-0.39, 0.29) is 5.78 Å². The third kappa shape index (κ3) is 5.10. The Balaban J connectivity index is 1.52. The Bertz CT molecular complexity index is 1100. The van der Waals surface area contributed by atoms with Gasteiger partial charge in [0.15, 0.2) is 5.78 Å². The van der Waals surface area contributed by atoms with Crippen molar-refractivity contribution in [2.24, 2.45) is 17.8 Å². The van der Waals surface area contributed by atoms with E-state index in [0.717, 1.165) is 11.1 Å². The number of carboxylic acid groups (broad SMARTS) is 1. The SMILES string of the molecule is COC(Oc1ccccc1)C1CCC(C(=O)c2ccc(-c3ccc(Cl)cc3)cc2)C1C(=O)O. The van der Waals surface area contributed by atoms with Gasteiger partial charge in [-0.05, 0) is 48.2 Å². The molecule has 3 aromatic carbocycles. The third-order valence-corrected chi connectivity index (χ3v) is 6.50. The standard InChI is InChI=1S/C27H25ClO5/c1-32-27(33-21-5-3-2-4-6-21)23-16-15-22(24(23)26(30)31)25(29)19-9-7-17(8-10-19)18-11-13-20(28)14-12-18/h2-14,22-24,27H,15-16H2,1H3,(H,30,31). The Kier molecular flexibility index (Phi) is 7.11. The number of hydrogen-bond donors (Lipinski definition) is 1. The highest BCUT2D eigenvalue weighted by Gasteiger charge is 2.49. The number of rotatable bonds is 8. The number of halogens is 1. The minimum absolute atomic E-state index is 0.165. The van der Waals surface area contributed by atoms with Crippen LogP contribution in [0.1, 0.15) is 23.2 Å². The lowest BCUT2D eigenvalue weighted by Crippen LogP contribution is -2.38. The van der Waals surface area contributed by atoms with Crippen LogP contribution in [-0.2, 0) is 9.53 Å². The number of methoxy groups -OCH3 is 1. The van der Waals surface area contributed by atoms with E-state index in [1.54, 1.807) is 24.3 Å². The van der Waals surface area contributed by atoms with Gasteiger partial charge in [0.25, 0.3) is 0 Å². The Morgan fingerprint density at radius 2 is 1.52 bits per heavy atom. The van der Waals surface area contributed by atoms with Gasteiger partial charge in [-0.3, -0.25) is 9.59 Å². The summed E-state index contributed by atoms with van der Waals surface area (Å²) in [5, 5.41) is 10.7. The molecule has 5 nitrogen and oxygen atoms in total. The number of carboxylic acids is 1. The molecule has 0 aromatic heterocycles. The van der Waals surface area contributed by atoms with E-state index in [1.807, 2.05) is 54.6 Å². The van der Waals surface area contributed by atoms with Crippen LogP contribution >= 0.6 is 11.6 Å². The number of Topliss-reactive ketones (excluding diaryl/α,β-unsaturated/α-hetero) is 1. The molecule has 0 radical (unpaired) electrons. The zero-order chi connectivity index (χ0) is 23.4. The van der Waals surface area contributed by atoms with Crippen molar-refractivity contribution >= 4 is 23.4 Å². The van der Waals surface area contributed by atoms with Crippen LogP contribution in [0.2, 0.25) is 5.02 Å². The van der Waals surface area contributed by atoms with Gasteiger partial charge in [0, 0.05) is 29.5 Å². The highest BCUT2D eigenvalue weighted by molar-refractivity contribution is 6.30. The molecule has 4 unspecified atom stereocenters. The number of carbonyl (C=O) groups excluding carboxylic acids is 1. The molecule has 0 heterocycles. The highest BCUT2D eigenvalue weighted by atomic mass is 35.5. The first-order valence-corrected chi connectivity index (χ1v) is 11.2. The second-order valence-electron chi connectivity index (χ2n) is 8.20. The summed E-state index contributed by atoms with van der Waals surface area (Å²) in [6.07, 6.45) is 0.248. The normalized spacial score (nSPS) is 20.8. The first kappa shape index (κ1) is 23.0. The van der Waals surface area contributed by atoms with Crippen LogP contribution in [-0.4, -0.2) is 30.3 Å². The zero-order valence-corrected chi connectivity index (χ0v) is 18.9. The fourth-order valence-corrected chi connectivity index (χ4v) is 4.74. The largest absolute Gasteiger partial charge is 0.481 e. The molecular formula is C27H25ClO5. The highest BCUT2D eigenvalue weighted by Crippen LogP contribution is 2.42. The van der Waals surface area contributed by atoms with Crippen molar-refractivity contribution in [3.8, 4) is 16.9 Å². The van der Waals surface area contributed by atoms with Crippen LogP contribution < -0.4 is 4.74 Å². The van der Waals surface area contributed by atoms with Gasteiger partial charge in [-0.2, -0.15) is 0 Å². The van der Waals surface area contributed by atoms with Crippen LogP contribution in [0.3, 0.4) is 0 Å². The van der Waals surface area contributed by atoms with Gasteiger partial charge in [-0.1, -0.05) is 66.2 Å².